The minimum atomic E-state index is -0.784. The van der Waals surface area contributed by atoms with Gasteiger partial charge in [0.2, 0.25) is 0 Å². The molecule has 8 heteroatoms. The number of carbonyl (C=O) groups is 3. The number of hydrogen-bond acceptors (Lipinski definition) is 4. The molecule has 4 rings (SSSR count). The Kier molecular flexibility index (Phi) is 6.76. The van der Waals surface area contributed by atoms with Crippen molar-refractivity contribution in [2.75, 3.05) is 4.90 Å². The van der Waals surface area contributed by atoms with Crippen LogP contribution in [0.1, 0.15) is 16.7 Å². The second kappa shape index (κ2) is 9.72. The van der Waals surface area contributed by atoms with E-state index >= 15 is 0 Å². The molecule has 6 nitrogen and oxygen atoms in total. The average molecular weight is 570 g/mol. The predicted molar refractivity (Wildman–Crippen MR) is 133 cm³/mol. The molecule has 0 atom stereocenters. The van der Waals surface area contributed by atoms with Gasteiger partial charge in [-0.15, -0.1) is 0 Å². The molecule has 4 amide bonds. The number of carbonyl (C=O) groups excluding carboxylic acids is 3. The number of ether oxygens (including phenoxy) is 1. The lowest BCUT2D eigenvalue weighted by atomic mass is 10.1. The quantitative estimate of drug-likeness (QED) is 0.313. The smallest absolute Gasteiger partial charge is 0.335 e. The average Bonchev–Trinajstić information content (AvgIpc) is 2.77. The molecule has 0 spiro atoms. The third-order valence-corrected chi connectivity index (χ3v) is 5.96. The van der Waals surface area contributed by atoms with Crippen molar-refractivity contribution in [2.24, 2.45) is 0 Å². The molecular formula is C25H18Br2N2O4. The van der Waals surface area contributed by atoms with Crippen LogP contribution in [0.25, 0.3) is 6.08 Å². The van der Waals surface area contributed by atoms with Gasteiger partial charge in [0.25, 0.3) is 11.8 Å². The molecule has 1 saturated heterocycles. The molecule has 1 N–H and O–H groups in total. The summed E-state index contributed by atoms with van der Waals surface area (Å²) in [4.78, 5) is 39.2. The first-order chi connectivity index (χ1) is 15.8. The zero-order valence-electron chi connectivity index (χ0n) is 17.5. The topological polar surface area (TPSA) is 75.7 Å². The van der Waals surface area contributed by atoms with E-state index in [1.54, 1.807) is 30.3 Å². The lowest BCUT2D eigenvalue weighted by Gasteiger charge is -2.26. The molecule has 0 aromatic heterocycles. The first-order valence-electron chi connectivity index (χ1n) is 9.97. The first kappa shape index (κ1) is 22.9. The van der Waals surface area contributed by atoms with Crippen LogP contribution in [0, 0.1) is 6.92 Å². The van der Waals surface area contributed by atoms with Gasteiger partial charge in [-0.1, -0.05) is 56.1 Å². The Hall–Kier alpha value is -3.23. The van der Waals surface area contributed by atoms with Crippen molar-refractivity contribution in [3.63, 3.8) is 0 Å². The Morgan fingerprint density at radius 3 is 2.39 bits per heavy atom. The molecule has 166 valence electrons. The van der Waals surface area contributed by atoms with Crippen molar-refractivity contribution in [2.45, 2.75) is 13.5 Å². The number of halogens is 2. The number of aryl methyl sites for hydroxylation is 1. The number of urea groups is 1. The van der Waals surface area contributed by atoms with Crippen LogP contribution in [-0.4, -0.2) is 17.8 Å². The van der Waals surface area contributed by atoms with Gasteiger partial charge >= 0.3 is 6.03 Å². The zero-order chi connectivity index (χ0) is 23.5. The Bertz CT molecular complexity index is 1290. The van der Waals surface area contributed by atoms with Gasteiger partial charge in [-0.2, -0.15) is 0 Å². The molecule has 33 heavy (non-hydrogen) atoms. The van der Waals surface area contributed by atoms with Crippen LogP contribution >= 0.6 is 31.9 Å². The van der Waals surface area contributed by atoms with E-state index in [-0.39, 0.29) is 5.57 Å². The molecule has 0 saturated carbocycles. The highest BCUT2D eigenvalue weighted by Gasteiger charge is 2.37. The van der Waals surface area contributed by atoms with Crippen LogP contribution in [0.3, 0.4) is 0 Å². The molecule has 3 aromatic carbocycles. The van der Waals surface area contributed by atoms with E-state index in [2.05, 4.69) is 37.2 Å². The summed E-state index contributed by atoms with van der Waals surface area (Å²) in [5.41, 5.74) is 2.59. The largest absolute Gasteiger partial charge is 0.488 e. The summed E-state index contributed by atoms with van der Waals surface area (Å²) in [5.74, 6) is -0.964. The molecule has 0 bridgehead atoms. The number of anilines is 1. The van der Waals surface area contributed by atoms with E-state index in [1.807, 2.05) is 43.3 Å². The van der Waals surface area contributed by atoms with Crippen molar-refractivity contribution < 1.29 is 19.1 Å². The second-order valence-corrected chi connectivity index (χ2v) is 9.23. The summed E-state index contributed by atoms with van der Waals surface area (Å²) < 4.78 is 7.69. The van der Waals surface area contributed by atoms with Gasteiger partial charge in [-0.05, 0) is 66.6 Å². The number of hydrogen-bond donors (Lipinski definition) is 1. The third kappa shape index (κ3) is 5.23. The monoisotopic (exact) mass is 568 g/mol. The SMILES string of the molecule is Cc1cccc(N2C(=O)NC(=O)/C(=C\c3cc(Br)ccc3OCc3ccc(Br)cc3)C2=O)c1. The van der Waals surface area contributed by atoms with E-state index in [4.69, 9.17) is 4.74 Å². The Labute approximate surface area is 207 Å². The molecule has 0 radical (unpaired) electrons. The van der Waals surface area contributed by atoms with E-state index in [0.717, 1.165) is 25.0 Å². The lowest BCUT2D eigenvalue weighted by molar-refractivity contribution is -0.122. The fraction of sp³-hybridized carbons (Fsp3) is 0.0800. The van der Waals surface area contributed by atoms with E-state index in [1.165, 1.54) is 6.08 Å². The van der Waals surface area contributed by atoms with Gasteiger partial charge < -0.3 is 4.74 Å². The first-order valence-corrected chi connectivity index (χ1v) is 11.6. The fourth-order valence-electron chi connectivity index (χ4n) is 3.32. The maximum atomic E-state index is 13.2. The van der Waals surface area contributed by atoms with Gasteiger partial charge in [-0.25, -0.2) is 9.69 Å². The van der Waals surface area contributed by atoms with Gasteiger partial charge in [0.05, 0.1) is 5.69 Å². The number of barbiturate groups is 1. The van der Waals surface area contributed by atoms with Crippen molar-refractivity contribution in [3.05, 3.63) is 97.9 Å². The van der Waals surface area contributed by atoms with E-state index in [9.17, 15) is 14.4 Å². The lowest BCUT2D eigenvalue weighted by Crippen LogP contribution is -2.54. The molecule has 0 aliphatic carbocycles. The highest BCUT2D eigenvalue weighted by molar-refractivity contribution is 9.10. The summed E-state index contributed by atoms with van der Waals surface area (Å²) in [6, 6.07) is 19.2. The summed E-state index contributed by atoms with van der Waals surface area (Å²) in [6.07, 6.45) is 1.44. The van der Waals surface area contributed by atoms with Crippen LogP contribution in [0.4, 0.5) is 10.5 Å². The number of amides is 4. The minimum Gasteiger partial charge on any atom is -0.488 e. The van der Waals surface area contributed by atoms with Gasteiger partial charge in [0.15, 0.2) is 0 Å². The van der Waals surface area contributed by atoms with Crippen LogP contribution < -0.4 is 15.0 Å². The number of benzene rings is 3. The Morgan fingerprint density at radius 2 is 1.67 bits per heavy atom. The van der Waals surface area contributed by atoms with Crippen LogP contribution in [-0.2, 0) is 16.2 Å². The Morgan fingerprint density at radius 1 is 0.939 bits per heavy atom. The number of nitrogens with one attached hydrogen (secondary N) is 1. The molecule has 1 fully saturated rings. The van der Waals surface area contributed by atoms with Crippen molar-refractivity contribution in [3.8, 4) is 5.75 Å². The number of nitrogens with zero attached hydrogens (tertiary/aromatic N) is 1. The maximum absolute atomic E-state index is 13.2. The summed E-state index contributed by atoms with van der Waals surface area (Å²) >= 11 is 6.83. The molecule has 1 heterocycles. The zero-order valence-corrected chi connectivity index (χ0v) is 20.6. The van der Waals surface area contributed by atoms with Gasteiger partial charge in [-0.3, -0.25) is 14.9 Å². The number of imide groups is 2. The van der Waals surface area contributed by atoms with Crippen molar-refractivity contribution in [1.29, 1.82) is 0 Å². The third-order valence-electron chi connectivity index (χ3n) is 4.94. The van der Waals surface area contributed by atoms with Crippen LogP contribution in [0.2, 0.25) is 0 Å². The van der Waals surface area contributed by atoms with E-state index < -0.39 is 17.8 Å². The normalized spacial score (nSPS) is 15.1. The molecule has 0 unspecified atom stereocenters. The fourth-order valence-corrected chi connectivity index (χ4v) is 3.96. The molecular weight excluding hydrogens is 552 g/mol. The van der Waals surface area contributed by atoms with E-state index in [0.29, 0.717) is 23.6 Å². The number of rotatable bonds is 5. The second-order valence-electron chi connectivity index (χ2n) is 7.39. The highest BCUT2D eigenvalue weighted by atomic mass is 79.9. The summed E-state index contributed by atoms with van der Waals surface area (Å²) in [5, 5.41) is 2.25. The maximum Gasteiger partial charge on any atom is 0.335 e. The van der Waals surface area contributed by atoms with Gasteiger partial charge in [0.1, 0.15) is 17.9 Å². The van der Waals surface area contributed by atoms with Crippen molar-refractivity contribution >= 4 is 61.5 Å². The summed E-state index contributed by atoms with van der Waals surface area (Å²) in [6.45, 7) is 2.16. The highest BCUT2D eigenvalue weighted by Crippen LogP contribution is 2.29. The van der Waals surface area contributed by atoms with Crippen LogP contribution in [0.5, 0.6) is 5.75 Å². The molecule has 3 aromatic rings. The van der Waals surface area contributed by atoms with Crippen molar-refractivity contribution in [1.82, 2.24) is 5.32 Å². The minimum absolute atomic E-state index is 0.164. The predicted octanol–water partition coefficient (Wildman–Crippen LogP) is 5.77. The summed E-state index contributed by atoms with van der Waals surface area (Å²) in [7, 11) is 0. The van der Waals surface area contributed by atoms with Gasteiger partial charge in [0, 0.05) is 14.5 Å². The molecule has 1 aliphatic rings. The Balaban J connectivity index is 1.67. The standard InChI is InChI=1S/C25H18Br2N2O4/c1-15-3-2-4-20(11-15)29-24(31)21(23(30)28-25(29)32)13-17-12-19(27)9-10-22(17)33-14-16-5-7-18(26)8-6-16/h2-13H,14H2,1H3,(H,28,30,32)/b21-13+. The van der Waals surface area contributed by atoms with Crippen LogP contribution in [0.15, 0.2) is 81.2 Å². The molecule has 1 aliphatic heterocycles.